The van der Waals surface area contributed by atoms with Crippen molar-refractivity contribution >= 4 is 6.09 Å². The van der Waals surface area contributed by atoms with Crippen molar-refractivity contribution in [2.45, 2.75) is 116 Å². The summed E-state index contributed by atoms with van der Waals surface area (Å²) in [4.78, 5) is 14.7. The fourth-order valence-corrected chi connectivity index (χ4v) is 6.52. The van der Waals surface area contributed by atoms with Gasteiger partial charge in [-0.25, -0.2) is 4.79 Å². The molecular weight excluding hydrogens is 440 g/mol. The van der Waals surface area contributed by atoms with E-state index in [4.69, 9.17) is 14.6 Å². The summed E-state index contributed by atoms with van der Waals surface area (Å²) < 4.78 is 11.8. The second kappa shape index (κ2) is 12.9. The molecule has 2 saturated carbocycles. The van der Waals surface area contributed by atoms with Gasteiger partial charge in [-0.15, -0.1) is 0 Å². The number of nitrogens with zero attached hydrogens (tertiary/aromatic N) is 2. The average molecular weight is 493 g/mol. The van der Waals surface area contributed by atoms with Crippen LogP contribution in [0.1, 0.15) is 98.8 Å². The summed E-state index contributed by atoms with van der Waals surface area (Å²) in [5.41, 5.74) is 1.71. The zero-order valence-corrected chi connectivity index (χ0v) is 23.2. The van der Waals surface area contributed by atoms with Gasteiger partial charge in [0, 0.05) is 38.6 Å². The predicted molar refractivity (Wildman–Crippen MR) is 142 cm³/mol. The van der Waals surface area contributed by atoms with Crippen molar-refractivity contribution in [2.75, 3.05) is 39.3 Å². The number of amides is 1. The molecule has 5 fully saturated rings. The minimum absolute atomic E-state index is 0.100. The lowest BCUT2D eigenvalue weighted by molar-refractivity contribution is 0.0885. The third-order valence-corrected chi connectivity index (χ3v) is 8.79. The number of piperazine rings is 1. The van der Waals surface area contributed by atoms with Gasteiger partial charge < -0.3 is 19.5 Å². The summed E-state index contributed by atoms with van der Waals surface area (Å²) in [6.07, 6.45) is 15.2. The number of hydrogen-bond donors (Lipinski definition) is 1. The molecule has 0 aromatic heterocycles. The molecule has 3 saturated heterocycles. The molecule has 202 valence electrons. The van der Waals surface area contributed by atoms with Crippen molar-refractivity contribution in [3.8, 4) is 0 Å². The second-order valence-corrected chi connectivity index (χ2v) is 11.5. The largest absolute Gasteiger partial charge is 0.465 e. The van der Waals surface area contributed by atoms with Crippen molar-refractivity contribution in [3.63, 3.8) is 0 Å². The van der Waals surface area contributed by atoms with Crippen molar-refractivity contribution in [2.24, 2.45) is 11.8 Å². The van der Waals surface area contributed by atoms with Gasteiger partial charge in [0.05, 0.1) is 23.9 Å². The fourth-order valence-electron chi connectivity index (χ4n) is 6.52. The molecule has 0 aromatic carbocycles. The number of hydrogen-bond acceptors (Lipinski definition) is 4. The molecule has 0 radical (unpaired) electrons. The van der Waals surface area contributed by atoms with Gasteiger partial charge >= 0.3 is 6.09 Å². The van der Waals surface area contributed by atoms with E-state index in [1.54, 1.807) is 0 Å². The van der Waals surface area contributed by atoms with Crippen LogP contribution in [0.2, 0.25) is 0 Å². The predicted octanol–water partition coefficient (Wildman–Crippen LogP) is 6.35. The van der Waals surface area contributed by atoms with Crippen LogP contribution in [0.4, 0.5) is 4.79 Å². The molecule has 1 N–H and O–H groups in total. The second-order valence-electron chi connectivity index (χ2n) is 11.5. The average Bonchev–Trinajstić information content (AvgIpc) is 3.78. The minimum atomic E-state index is -0.766. The minimum Gasteiger partial charge on any atom is -0.465 e. The van der Waals surface area contributed by atoms with Crippen molar-refractivity contribution < 1.29 is 19.4 Å². The smallest absolute Gasteiger partial charge is 0.407 e. The Balaban J connectivity index is 0.000000183. The van der Waals surface area contributed by atoms with E-state index in [2.05, 4.69) is 31.7 Å². The van der Waals surface area contributed by atoms with Gasteiger partial charge in [0.25, 0.3) is 0 Å². The standard InChI is InChI=1S/C15H24O2.C12H22N2O2.C2H6/c1-11(2)7-8-13-14(3,17-13)12-6-4-5-9-15(12)10-16-15;15-12(16)14-8-6-13(7-9-14)10-11-4-2-1-3-5-11;1-2/h7,12-13H,4-6,8-10H2,1-3H3;11H,1-10H2,(H,15,16);1-2H3/t12-,13-,14-,15+;;/m1../s1. The Bertz CT molecular complexity index is 689. The topological polar surface area (TPSA) is 68.8 Å². The molecule has 0 aromatic rings. The van der Waals surface area contributed by atoms with Gasteiger partial charge in [0.2, 0.25) is 0 Å². The van der Waals surface area contributed by atoms with Crippen LogP contribution < -0.4 is 0 Å². The lowest BCUT2D eigenvalue weighted by Gasteiger charge is -2.36. The van der Waals surface area contributed by atoms with Gasteiger partial charge in [0.1, 0.15) is 0 Å². The fraction of sp³-hybridized carbons (Fsp3) is 0.897. The SMILES string of the molecule is CC.CC(C)=CC[C@H]1O[C@]1(C)[C@H]1CCCC[C@]12CO2.O=C(O)N1CCN(CC2CCCCC2)CC1. The number of carboxylic acid groups (broad SMARTS) is 1. The Hall–Kier alpha value is -1.11. The van der Waals surface area contributed by atoms with Crippen molar-refractivity contribution in [3.05, 3.63) is 11.6 Å². The summed E-state index contributed by atoms with van der Waals surface area (Å²) in [6.45, 7) is 16.0. The summed E-state index contributed by atoms with van der Waals surface area (Å²) >= 11 is 0. The number of rotatable bonds is 5. The molecule has 0 unspecified atom stereocenters. The monoisotopic (exact) mass is 492 g/mol. The van der Waals surface area contributed by atoms with E-state index in [0.29, 0.717) is 25.1 Å². The molecule has 1 amide bonds. The number of allylic oxidation sites excluding steroid dienone is 1. The molecule has 6 nitrogen and oxygen atoms in total. The van der Waals surface area contributed by atoms with E-state index < -0.39 is 6.09 Å². The van der Waals surface area contributed by atoms with Gasteiger partial charge in [0.15, 0.2) is 0 Å². The Morgan fingerprint density at radius 1 is 1.00 bits per heavy atom. The highest BCUT2D eigenvalue weighted by Gasteiger charge is 2.67. The molecule has 0 bridgehead atoms. The number of carbonyl (C=O) groups is 1. The highest BCUT2D eigenvalue weighted by atomic mass is 16.6. The summed E-state index contributed by atoms with van der Waals surface area (Å²) in [7, 11) is 0. The normalized spacial score (nSPS) is 34.7. The molecule has 2 aliphatic carbocycles. The van der Waals surface area contributed by atoms with Crippen LogP contribution in [-0.2, 0) is 9.47 Å². The van der Waals surface area contributed by atoms with Crippen molar-refractivity contribution in [1.29, 1.82) is 0 Å². The first-order chi connectivity index (χ1) is 16.8. The van der Waals surface area contributed by atoms with E-state index >= 15 is 0 Å². The third kappa shape index (κ3) is 7.69. The lowest BCUT2D eigenvalue weighted by atomic mass is 9.71. The van der Waals surface area contributed by atoms with E-state index in [1.807, 2.05) is 13.8 Å². The quantitative estimate of drug-likeness (QED) is 0.358. The summed E-state index contributed by atoms with van der Waals surface area (Å²) in [5.74, 6) is 1.50. The first kappa shape index (κ1) is 28.5. The number of ether oxygens (including phenoxy) is 2. The van der Waals surface area contributed by atoms with Crippen LogP contribution in [0.3, 0.4) is 0 Å². The van der Waals surface area contributed by atoms with Crippen LogP contribution in [0, 0.1) is 11.8 Å². The first-order valence-electron chi connectivity index (χ1n) is 14.5. The molecule has 35 heavy (non-hydrogen) atoms. The first-order valence-corrected chi connectivity index (χ1v) is 14.5. The van der Waals surface area contributed by atoms with Gasteiger partial charge in [-0.3, -0.25) is 4.90 Å². The van der Waals surface area contributed by atoms with Gasteiger partial charge in [-0.1, -0.05) is 57.6 Å². The Labute approximate surface area is 214 Å². The Morgan fingerprint density at radius 3 is 2.20 bits per heavy atom. The van der Waals surface area contributed by atoms with Crippen LogP contribution in [0.15, 0.2) is 11.6 Å². The number of epoxide rings is 2. The highest BCUT2D eigenvalue weighted by molar-refractivity contribution is 5.65. The van der Waals surface area contributed by atoms with Gasteiger partial charge in [-0.05, 0) is 58.8 Å². The lowest BCUT2D eigenvalue weighted by Crippen LogP contribution is -2.49. The Kier molecular flexibility index (Phi) is 10.5. The molecule has 3 aliphatic heterocycles. The van der Waals surface area contributed by atoms with Crippen molar-refractivity contribution in [1.82, 2.24) is 9.80 Å². The van der Waals surface area contributed by atoms with E-state index in [9.17, 15) is 4.79 Å². The van der Waals surface area contributed by atoms with Crippen LogP contribution >= 0.6 is 0 Å². The molecule has 1 spiro atoms. The zero-order chi connectivity index (χ0) is 25.5. The molecule has 3 heterocycles. The van der Waals surface area contributed by atoms with E-state index in [-0.39, 0.29) is 11.2 Å². The molecule has 4 atom stereocenters. The summed E-state index contributed by atoms with van der Waals surface area (Å²) in [5, 5.41) is 8.85. The van der Waals surface area contributed by atoms with E-state index in [0.717, 1.165) is 32.0 Å². The maximum absolute atomic E-state index is 10.8. The van der Waals surface area contributed by atoms with Gasteiger partial charge in [-0.2, -0.15) is 0 Å². The van der Waals surface area contributed by atoms with E-state index in [1.165, 1.54) is 74.8 Å². The molecule has 6 heteroatoms. The van der Waals surface area contributed by atoms with Crippen LogP contribution in [0.5, 0.6) is 0 Å². The third-order valence-electron chi connectivity index (χ3n) is 8.79. The maximum atomic E-state index is 10.8. The molecular formula is C29H52N2O4. The van der Waals surface area contributed by atoms with Crippen LogP contribution in [-0.4, -0.2) is 77.6 Å². The Morgan fingerprint density at radius 2 is 1.63 bits per heavy atom. The zero-order valence-electron chi connectivity index (χ0n) is 23.2. The van der Waals surface area contributed by atoms with Crippen LogP contribution in [0.25, 0.3) is 0 Å². The molecule has 5 rings (SSSR count). The molecule has 5 aliphatic rings. The maximum Gasteiger partial charge on any atom is 0.407 e. The highest BCUT2D eigenvalue weighted by Crippen LogP contribution is 2.58. The summed E-state index contributed by atoms with van der Waals surface area (Å²) in [6, 6.07) is 0.